The maximum absolute atomic E-state index is 12.9. The van der Waals surface area contributed by atoms with E-state index in [0.29, 0.717) is 25.2 Å². The second kappa shape index (κ2) is 7.33. The summed E-state index contributed by atoms with van der Waals surface area (Å²) in [5, 5.41) is 6.10. The molecule has 1 aliphatic heterocycles. The highest BCUT2D eigenvalue weighted by Gasteiger charge is 2.29. The van der Waals surface area contributed by atoms with Gasteiger partial charge < -0.3 is 15.2 Å². The second-order valence-electron chi connectivity index (χ2n) is 6.67. The normalized spacial score (nSPS) is 17.4. The van der Waals surface area contributed by atoms with Crippen LogP contribution in [0.4, 0.5) is 0 Å². The lowest BCUT2D eigenvalue weighted by Crippen LogP contribution is -2.45. The highest BCUT2D eigenvalue weighted by atomic mass is 32.1. The first-order valence-electron chi connectivity index (χ1n) is 8.87. The monoisotopic (exact) mass is 367 g/mol. The average molecular weight is 367 g/mol. The smallest absolute Gasteiger partial charge is 0.253 e. The third kappa shape index (κ3) is 3.51. The van der Waals surface area contributed by atoms with Crippen molar-refractivity contribution in [1.29, 1.82) is 0 Å². The van der Waals surface area contributed by atoms with Crippen LogP contribution in [-0.4, -0.2) is 34.8 Å². The summed E-state index contributed by atoms with van der Waals surface area (Å²) in [6.07, 6.45) is 3.55. The molecule has 2 N–H and O–H groups in total. The van der Waals surface area contributed by atoms with Crippen molar-refractivity contribution in [3.05, 3.63) is 58.4 Å². The van der Waals surface area contributed by atoms with Crippen molar-refractivity contribution in [2.45, 2.75) is 19.4 Å². The molecule has 1 fully saturated rings. The van der Waals surface area contributed by atoms with E-state index in [4.69, 9.17) is 0 Å². The number of aromatic nitrogens is 1. The van der Waals surface area contributed by atoms with Crippen LogP contribution >= 0.6 is 11.3 Å². The number of amides is 2. The first-order valence-corrected chi connectivity index (χ1v) is 9.75. The molecule has 1 aliphatic rings. The number of aromatic amines is 1. The minimum absolute atomic E-state index is 0.00254. The molecule has 0 aliphatic carbocycles. The molecule has 0 radical (unpaired) electrons. The fourth-order valence-corrected chi connectivity index (χ4v) is 4.12. The number of H-pyrrole nitrogens is 1. The fraction of sp³-hybridized carbons (Fsp3) is 0.300. The highest BCUT2D eigenvalue weighted by Crippen LogP contribution is 2.21. The number of fused-ring (bicyclic) bond motifs is 1. The van der Waals surface area contributed by atoms with Gasteiger partial charge in [-0.05, 0) is 47.9 Å². The molecule has 1 aromatic carbocycles. The molecular weight excluding hydrogens is 346 g/mol. The van der Waals surface area contributed by atoms with E-state index in [1.54, 1.807) is 11.3 Å². The Morgan fingerprint density at radius 1 is 1.27 bits per heavy atom. The quantitative estimate of drug-likeness (QED) is 0.742. The van der Waals surface area contributed by atoms with E-state index in [9.17, 15) is 9.59 Å². The molecule has 0 bridgehead atoms. The Labute approximate surface area is 156 Å². The van der Waals surface area contributed by atoms with Crippen molar-refractivity contribution < 1.29 is 9.59 Å². The average Bonchev–Trinajstić information content (AvgIpc) is 3.36. The van der Waals surface area contributed by atoms with Crippen LogP contribution in [0.3, 0.4) is 0 Å². The molecular formula is C20H21N3O2S. The van der Waals surface area contributed by atoms with Crippen molar-refractivity contribution in [1.82, 2.24) is 15.2 Å². The summed E-state index contributed by atoms with van der Waals surface area (Å²) in [4.78, 5) is 31.4. The van der Waals surface area contributed by atoms with Crippen LogP contribution in [-0.2, 0) is 11.3 Å². The van der Waals surface area contributed by atoms with Crippen LogP contribution in [0.2, 0.25) is 0 Å². The Bertz CT molecular complexity index is 916. The van der Waals surface area contributed by atoms with E-state index in [1.807, 2.05) is 52.9 Å². The summed E-state index contributed by atoms with van der Waals surface area (Å²) in [7, 11) is 0. The van der Waals surface area contributed by atoms with Crippen molar-refractivity contribution in [2.24, 2.45) is 5.92 Å². The summed E-state index contributed by atoms with van der Waals surface area (Å²) in [5.74, 6) is -0.102. The van der Waals surface area contributed by atoms with Crippen molar-refractivity contribution in [3.63, 3.8) is 0 Å². The van der Waals surface area contributed by atoms with Gasteiger partial charge in [0.05, 0.1) is 12.5 Å². The number of carbonyl (C=O) groups excluding carboxylic acids is 2. The third-order valence-corrected chi connectivity index (χ3v) is 5.77. The number of nitrogens with zero attached hydrogens (tertiary/aromatic N) is 1. The number of carbonyl (C=O) groups is 2. The molecule has 4 rings (SSSR count). The summed E-state index contributed by atoms with van der Waals surface area (Å²) >= 11 is 1.63. The van der Waals surface area contributed by atoms with Gasteiger partial charge in [0.25, 0.3) is 5.91 Å². The molecule has 2 amide bonds. The van der Waals surface area contributed by atoms with Crippen molar-refractivity contribution >= 4 is 34.1 Å². The number of thiophene rings is 1. The Morgan fingerprint density at radius 3 is 3.04 bits per heavy atom. The largest absolute Gasteiger partial charge is 0.361 e. The molecule has 6 heteroatoms. The first-order chi connectivity index (χ1) is 12.7. The lowest BCUT2D eigenvalue weighted by atomic mass is 9.96. The van der Waals surface area contributed by atoms with Gasteiger partial charge >= 0.3 is 0 Å². The summed E-state index contributed by atoms with van der Waals surface area (Å²) in [6.45, 7) is 1.75. The molecule has 3 aromatic rings. The van der Waals surface area contributed by atoms with Crippen molar-refractivity contribution in [3.8, 4) is 0 Å². The zero-order chi connectivity index (χ0) is 17.9. The number of hydrogen-bond donors (Lipinski definition) is 2. The van der Waals surface area contributed by atoms with Gasteiger partial charge in [-0.2, -0.15) is 0 Å². The fourth-order valence-electron chi connectivity index (χ4n) is 3.47. The highest BCUT2D eigenvalue weighted by molar-refractivity contribution is 7.09. The Morgan fingerprint density at radius 2 is 2.19 bits per heavy atom. The molecule has 0 spiro atoms. The van der Waals surface area contributed by atoms with Crippen LogP contribution in [0.25, 0.3) is 10.9 Å². The number of nitrogens with one attached hydrogen (secondary N) is 2. The van der Waals surface area contributed by atoms with Gasteiger partial charge in [-0.3, -0.25) is 9.59 Å². The Hall–Kier alpha value is -2.60. The van der Waals surface area contributed by atoms with Gasteiger partial charge in [-0.1, -0.05) is 12.1 Å². The van der Waals surface area contributed by atoms with E-state index in [2.05, 4.69) is 10.3 Å². The van der Waals surface area contributed by atoms with Gasteiger partial charge in [-0.25, -0.2) is 0 Å². The number of likely N-dealkylation sites (tertiary alicyclic amines) is 1. The first kappa shape index (κ1) is 16.8. The van der Waals surface area contributed by atoms with Crippen LogP contribution in [0.1, 0.15) is 28.1 Å². The van der Waals surface area contributed by atoms with Crippen LogP contribution in [0.15, 0.2) is 48.0 Å². The van der Waals surface area contributed by atoms with Gasteiger partial charge in [0.1, 0.15) is 0 Å². The molecule has 5 nitrogen and oxygen atoms in total. The predicted octanol–water partition coefficient (Wildman–Crippen LogP) is 3.40. The standard InChI is InChI=1S/C20H21N3O2S/c24-19(22-12-17-4-2-10-26-17)16-3-1-9-23(13-16)20(25)15-6-5-14-7-8-21-18(14)11-15/h2,4-8,10-11,16,21H,1,3,9,12-13H2,(H,22,24). The van der Waals surface area contributed by atoms with E-state index in [0.717, 1.165) is 28.6 Å². The second-order valence-corrected chi connectivity index (χ2v) is 7.70. The summed E-state index contributed by atoms with van der Waals surface area (Å²) in [6, 6.07) is 11.7. The van der Waals surface area contributed by atoms with E-state index in [-0.39, 0.29) is 17.7 Å². The predicted molar refractivity (Wildman–Crippen MR) is 103 cm³/mol. The number of rotatable bonds is 4. The third-order valence-electron chi connectivity index (χ3n) is 4.90. The summed E-state index contributed by atoms with van der Waals surface area (Å²) < 4.78 is 0. The van der Waals surface area contributed by atoms with Gasteiger partial charge in [0, 0.05) is 35.2 Å². The van der Waals surface area contributed by atoms with Crippen LogP contribution in [0.5, 0.6) is 0 Å². The maximum Gasteiger partial charge on any atom is 0.253 e. The number of piperidine rings is 1. The SMILES string of the molecule is O=C(NCc1cccs1)C1CCCN(C(=O)c2ccc3cc[nH]c3c2)C1. The molecule has 26 heavy (non-hydrogen) atoms. The van der Waals surface area contributed by atoms with E-state index in [1.165, 1.54) is 0 Å². The Balaban J connectivity index is 1.40. The minimum atomic E-state index is -0.137. The van der Waals surface area contributed by atoms with Gasteiger partial charge in [-0.15, -0.1) is 11.3 Å². The minimum Gasteiger partial charge on any atom is -0.361 e. The lowest BCUT2D eigenvalue weighted by Gasteiger charge is -2.32. The van der Waals surface area contributed by atoms with E-state index >= 15 is 0 Å². The zero-order valence-corrected chi connectivity index (χ0v) is 15.2. The van der Waals surface area contributed by atoms with Crippen molar-refractivity contribution in [2.75, 3.05) is 13.1 Å². The summed E-state index contributed by atoms with van der Waals surface area (Å²) in [5.41, 5.74) is 1.62. The van der Waals surface area contributed by atoms with E-state index < -0.39 is 0 Å². The number of hydrogen-bond acceptors (Lipinski definition) is 3. The zero-order valence-electron chi connectivity index (χ0n) is 14.4. The van der Waals surface area contributed by atoms with Crippen LogP contribution < -0.4 is 5.32 Å². The molecule has 3 heterocycles. The topological polar surface area (TPSA) is 65.2 Å². The number of benzene rings is 1. The maximum atomic E-state index is 12.9. The molecule has 1 unspecified atom stereocenters. The molecule has 2 aromatic heterocycles. The van der Waals surface area contributed by atoms with Gasteiger partial charge in [0.2, 0.25) is 5.91 Å². The lowest BCUT2D eigenvalue weighted by molar-refractivity contribution is -0.126. The molecule has 0 saturated carbocycles. The molecule has 1 saturated heterocycles. The molecule has 134 valence electrons. The van der Waals surface area contributed by atoms with Crippen LogP contribution in [0, 0.1) is 5.92 Å². The molecule has 1 atom stereocenters. The Kier molecular flexibility index (Phi) is 4.75. The van der Waals surface area contributed by atoms with Gasteiger partial charge in [0.15, 0.2) is 0 Å².